The van der Waals surface area contributed by atoms with Crippen molar-refractivity contribution < 1.29 is 8.95 Å². The predicted octanol–water partition coefficient (Wildman–Crippen LogP) is 3.76. The van der Waals surface area contributed by atoms with Gasteiger partial charge in [-0.3, -0.25) is 4.31 Å². The molecule has 2 aliphatic heterocycles. The number of piperazine rings is 1. The molecule has 150 valence electrons. The van der Waals surface area contributed by atoms with E-state index in [1.165, 1.54) is 0 Å². The van der Waals surface area contributed by atoms with Crippen molar-refractivity contribution in [1.82, 2.24) is 5.32 Å². The average molecular weight is 420 g/mol. The number of ether oxygens (including phenoxy) is 1. The van der Waals surface area contributed by atoms with Crippen molar-refractivity contribution in [3.63, 3.8) is 0 Å². The molecule has 2 aliphatic rings. The van der Waals surface area contributed by atoms with Crippen LogP contribution in [0.1, 0.15) is 19.4 Å². The number of rotatable bonds is 3. The lowest BCUT2D eigenvalue weighted by Crippen LogP contribution is -2.54. The number of hydrogen-bond acceptors (Lipinski definition) is 4. The van der Waals surface area contributed by atoms with Gasteiger partial charge >= 0.3 is 0 Å². The molecule has 5 nitrogen and oxygen atoms in total. The number of anilines is 2. The Hall–Kier alpha value is -1.76. The molecule has 2 heterocycles. The summed E-state index contributed by atoms with van der Waals surface area (Å²) in [7, 11) is -1.31. The maximum absolute atomic E-state index is 13.3. The third-order valence-electron chi connectivity index (χ3n) is 5.12. The Morgan fingerprint density at radius 3 is 2.43 bits per heavy atom. The molecule has 0 amide bonds. The molecule has 0 radical (unpaired) electrons. The molecule has 0 aliphatic carbocycles. The van der Waals surface area contributed by atoms with E-state index in [-0.39, 0.29) is 0 Å². The molecule has 7 heteroatoms. The van der Waals surface area contributed by atoms with Gasteiger partial charge in [0.15, 0.2) is 16.7 Å². The van der Waals surface area contributed by atoms with E-state index >= 15 is 0 Å². The van der Waals surface area contributed by atoms with Gasteiger partial charge in [0.2, 0.25) is 0 Å². The van der Waals surface area contributed by atoms with Gasteiger partial charge in [0, 0.05) is 30.2 Å². The molecule has 0 saturated carbocycles. The molecule has 4 rings (SSSR count). The van der Waals surface area contributed by atoms with Crippen LogP contribution in [-0.2, 0) is 11.0 Å². The zero-order chi connectivity index (χ0) is 19.8. The SMILES string of the molecule is Cc1cc(N2CC(C)NC(C)C2)c2c(c1)N(S(=O)c1ccc(Cl)cc1)CCO2. The number of fused-ring (bicyclic) bond motifs is 1. The predicted molar refractivity (Wildman–Crippen MR) is 116 cm³/mol. The van der Waals surface area contributed by atoms with E-state index in [4.69, 9.17) is 16.3 Å². The third kappa shape index (κ3) is 3.86. The van der Waals surface area contributed by atoms with Crippen molar-refractivity contribution in [1.29, 1.82) is 0 Å². The van der Waals surface area contributed by atoms with Crippen LogP contribution in [0.25, 0.3) is 0 Å². The van der Waals surface area contributed by atoms with E-state index in [1.54, 1.807) is 12.1 Å². The summed E-state index contributed by atoms with van der Waals surface area (Å²) >= 11 is 5.99. The number of benzene rings is 2. The van der Waals surface area contributed by atoms with Gasteiger partial charge in [0.1, 0.15) is 6.61 Å². The largest absolute Gasteiger partial charge is 0.487 e. The van der Waals surface area contributed by atoms with Crippen molar-refractivity contribution in [3.8, 4) is 5.75 Å². The van der Waals surface area contributed by atoms with E-state index < -0.39 is 11.0 Å². The molecule has 0 bridgehead atoms. The molecular formula is C21H26ClN3O2S. The van der Waals surface area contributed by atoms with Crippen LogP contribution in [0, 0.1) is 6.92 Å². The molecule has 0 aromatic heterocycles. The van der Waals surface area contributed by atoms with Gasteiger partial charge in [-0.1, -0.05) is 11.6 Å². The molecule has 3 atom stereocenters. The van der Waals surface area contributed by atoms with Gasteiger partial charge in [-0.05, 0) is 62.7 Å². The van der Waals surface area contributed by atoms with E-state index in [2.05, 4.69) is 43.1 Å². The van der Waals surface area contributed by atoms with Crippen molar-refractivity contribution in [3.05, 3.63) is 47.0 Å². The zero-order valence-corrected chi connectivity index (χ0v) is 18.0. The summed E-state index contributed by atoms with van der Waals surface area (Å²) in [6.07, 6.45) is 0. The molecule has 1 fully saturated rings. The first kappa shape index (κ1) is 19.6. The molecule has 0 spiro atoms. The van der Waals surface area contributed by atoms with Crippen molar-refractivity contribution in [2.75, 3.05) is 35.4 Å². The van der Waals surface area contributed by atoms with Crippen LogP contribution in [0.3, 0.4) is 0 Å². The second kappa shape index (κ2) is 7.93. The summed E-state index contributed by atoms with van der Waals surface area (Å²) in [6, 6.07) is 12.3. The van der Waals surface area contributed by atoms with Crippen LogP contribution in [0.5, 0.6) is 5.75 Å². The summed E-state index contributed by atoms with van der Waals surface area (Å²) in [5, 5.41) is 4.22. The molecule has 1 saturated heterocycles. The maximum Gasteiger partial charge on any atom is 0.166 e. The lowest BCUT2D eigenvalue weighted by molar-refractivity contribution is 0.314. The van der Waals surface area contributed by atoms with Crippen LogP contribution in [0.15, 0.2) is 41.3 Å². The van der Waals surface area contributed by atoms with Crippen molar-refractivity contribution in [2.24, 2.45) is 0 Å². The monoisotopic (exact) mass is 419 g/mol. The minimum absolute atomic E-state index is 0.405. The van der Waals surface area contributed by atoms with Crippen molar-refractivity contribution in [2.45, 2.75) is 37.8 Å². The quantitative estimate of drug-likeness (QED) is 0.822. The summed E-state index contributed by atoms with van der Waals surface area (Å²) < 4.78 is 21.3. The Balaban J connectivity index is 1.72. The van der Waals surface area contributed by atoms with E-state index in [9.17, 15) is 4.21 Å². The fourth-order valence-corrected chi connectivity index (χ4v) is 5.33. The molecule has 1 N–H and O–H groups in total. The van der Waals surface area contributed by atoms with Gasteiger partial charge in [0.05, 0.1) is 22.8 Å². The molecular weight excluding hydrogens is 394 g/mol. The first-order chi connectivity index (χ1) is 13.4. The van der Waals surface area contributed by atoms with E-state index in [0.717, 1.165) is 40.7 Å². The second-order valence-corrected chi connectivity index (χ2v) is 9.51. The van der Waals surface area contributed by atoms with Crippen LogP contribution < -0.4 is 19.3 Å². The highest BCUT2D eigenvalue weighted by molar-refractivity contribution is 7.86. The third-order valence-corrected chi connectivity index (χ3v) is 6.82. The number of nitrogens with zero attached hydrogens (tertiary/aromatic N) is 2. The molecule has 2 aromatic rings. The Kier molecular flexibility index (Phi) is 5.54. The Morgan fingerprint density at radius 2 is 1.75 bits per heavy atom. The first-order valence-electron chi connectivity index (χ1n) is 9.66. The Bertz CT molecular complexity index is 880. The average Bonchev–Trinajstić information content (AvgIpc) is 2.66. The maximum atomic E-state index is 13.3. The Labute approximate surface area is 174 Å². The van der Waals surface area contributed by atoms with E-state index in [0.29, 0.717) is 30.3 Å². The highest BCUT2D eigenvalue weighted by atomic mass is 35.5. The highest BCUT2D eigenvalue weighted by Crippen LogP contribution is 2.43. The van der Waals surface area contributed by atoms with Crippen LogP contribution in [0.2, 0.25) is 5.02 Å². The fraction of sp³-hybridized carbons (Fsp3) is 0.429. The number of aryl methyl sites for hydroxylation is 1. The summed E-state index contributed by atoms with van der Waals surface area (Å²) in [5.74, 6) is 0.834. The molecule has 2 aromatic carbocycles. The molecule has 28 heavy (non-hydrogen) atoms. The lowest BCUT2D eigenvalue weighted by atomic mass is 10.1. The van der Waals surface area contributed by atoms with Gasteiger partial charge < -0.3 is 15.0 Å². The number of hydrogen-bond donors (Lipinski definition) is 1. The number of halogens is 1. The van der Waals surface area contributed by atoms with Gasteiger partial charge in [-0.25, -0.2) is 4.21 Å². The Morgan fingerprint density at radius 1 is 1.11 bits per heavy atom. The standard InChI is InChI=1S/C21H26ClN3O2S/c1-14-10-19(24-12-15(2)23-16(3)13-24)21-20(11-14)25(8-9-27-21)28(26)18-6-4-17(22)5-7-18/h4-7,10-11,15-16,23H,8-9,12-13H2,1-3H3. The second-order valence-electron chi connectivity index (χ2n) is 7.66. The first-order valence-corrected chi connectivity index (χ1v) is 11.1. The summed E-state index contributed by atoms with van der Waals surface area (Å²) in [6.45, 7) is 9.42. The molecule has 3 unspecified atom stereocenters. The normalized spacial score (nSPS) is 23.1. The van der Waals surface area contributed by atoms with Crippen molar-refractivity contribution >= 4 is 34.0 Å². The summed E-state index contributed by atoms with van der Waals surface area (Å²) in [4.78, 5) is 3.12. The fourth-order valence-electron chi connectivity index (χ4n) is 4.03. The summed E-state index contributed by atoms with van der Waals surface area (Å²) in [5.41, 5.74) is 3.12. The van der Waals surface area contributed by atoms with Crippen LogP contribution >= 0.6 is 11.6 Å². The highest BCUT2D eigenvalue weighted by Gasteiger charge is 2.30. The topological polar surface area (TPSA) is 44.8 Å². The van der Waals surface area contributed by atoms with Gasteiger partial charge in [-0.15, -0.1) is 0 Å². The lowest BCUT2D eigenvalue weighted by Gasteiger charge is -2.40. The van der Waals surface area contributed by atoms with Gasteiger partial charge in [-0.2, -0.15) is 0 Å². The smallest absolute Gasteiger partial charge is 0.166 e. The minimum Gasteiger partial charge on any atom is -0.487 e. The van der Waals surface area contributed by atoms with Crippen LogP contribution in [0.4, 0.5) is 11.4 Å². The minimum atomic E-state index is -1.31. The van der Waals surface area contributed by atoms with Gasteiger partial charge in [0.25, 0.3) is 0 Å². The van der Waals surface area contributed by atoms with Crippen LogP contribution in [-0.4, -0.2) is 42.5 Å². The zero-order valence-electron chi connectivity index (χ0n) is 16.4. The van der Waals surface area contributed by atoms with E-state index in [1.807, 2.05) is 16.4 Å². The number of nitrogens with one attached hydrogen (secondary N) is 1.